The second-order valence-electron chi connectivity index (χ2n) is 5.21. The van der Waals surface area contributed by atoms with Gasteiger partial charge in [0, 0.05) is 19.3 Å². The lowest BCUT2D eigenvalue weighted by Gasteiger charge is -2.27. The summed E-state index contributed by atoms with van der Waals surface area (Å²) in [6.45, 7) is 2.68. The van der Waals surface area contributed by atoms with Crippen LogP contribution in [0.15, 0.2) is 30.5 Å². The van der Waals surface area contributed by atoms with Gasteiger partial charge in [-0.25, -0.2) is 18.7 Å². The topological polar surface area (TPSA) is 67.4 Å². The average Bonchev–Trinajstić information content (AvgIpc) is 2.61. The van der Waals surface area contributed by atoms with Crippen molar-refractivity contribution in [2.24, 2.45) is 0 Å². The van der Waals surface area contributed by atoms with Gasteiger partial charge >= 0.3 is 0 Å². The van der Waals surface area contributed by atoms with Gasteiger partial charge in [0.25, 0.3) is 5.91 Å². The lowest BCUT2D eigenvalue weighted by molar-refractivity contribution is 0.0941. The van der Waals surface area contributed by atoms with Gasteiger partial charge in [0.1, 0.15) is 28.8 Å². The smallest absolute Gasteiger partial charge is 0.257 e. The van der Waals surface area contributed by atoms with Gasteiger partial charge in [-0.1, -0.05) is 6.07 Å². The summed E-state index contributed by atoms with van der Waals surface area (Å²) in [7, 11) is 0. The summed E-state index contributed by atoms with van der Waals surface area (Å²) >= 11 is 0. The molecule has 24 heavy (non-hydrogen) atoms. The predicted molar refractivity (Wildman–Crippen MR) is 82.6 cm³/mol. The van der Waals surface area contributed by atoms with Gasteiger partial charge < -0.3 is 15.0 Å². The number of anilines is 1. The highest BCUT2D eigenvalue weighted by atomic mass is 19.1. The second-order valence-corrected chi connectivity index (χ2v) is 5.21. The van der Waals surface area contributed by atoms with E-state index in [2.05, 4.69) is 15.3 Å². The van der Waals surface area contributed by atoms with E-state index >= 15 is 0 Å². The van der Waals surface area contributed by atoms with Crippen molar-refractivity contribution in [2.75, 3.05) is 31.2 Å². The molecule has 1 aliphatic heterocycles. The Morgan fingerprint density at radius 2 is 1.92 bits per heavy atom. The molecule has 0 atom stereocenters. The molecule has 1 N–H and O–H groups in total. The van der Waals surface area contributed by atoms with Crippen LogP contribution in [0.25, 0.3) is 0 Å². The van der Waals surface area contributed by atoms with Crippen molar-refractivity contribution in [1.82, 2.24) is 15.3 Å². The molecule has 3 rings (SSSR count). The fourth-order valence-electron chi connectivity index (χ4n) is 2.40. The molecule has 6 nitrogen and oxygen atoms in total. The van der Waals surface area contributed by atoms with Gasteiger partial charge in [-0.05, 0) is 18.2 Å². The summed E-state index contributed by atoms with van der Waals surface area (Å²) in [4.78, 5) is 22.5. The van der Waals surface area contributed by atoms with Crippen LogP contribution in [-0.4, -0.2) is 42.2 Å². The third-order valence-corrected chi connectivity index (χ3v) is 3.62. The normalized spacial score (nSPS) is 14.5. The lowest BCUT2D eigenvalue weighted by Crippen LogP contribution is -2.37. The van der Waals surface area contributed by atoms with Crippen molar-refractivity contribution < 1.29 is 18.3 Å². The highest BCUT2D eigenvalue weighted by molar-refractivity contribution is 5.94. The van der Waals surface area contributed by atoms with Gasteiger partial charge in [-0.15, -0.1) is 0 Å². The fraction of sp³-hybridized carbons (Fsp3) is 0.312. The molecule has 1 fully saturated rings. The minimum Gasteiger partial charge on any atom is -0.378 e. The van der Waals surface area contributed by atoms with E-state index in [0.29, 0.717) is 19.0 Å². The van der Waals surface area contributed by atoms with Crippen LogP contribution < -0.4 is 10.2 Å². The molecule has 1 saturated heterocycles. The summed E-state index contributed by atoms with van der Waals surface area (Å²) < 4.78 is 32.5. The molecule has 1 amide bonds. The number of morpholine rings is 1. The minimum absolute atomic E-state index is 0.0230. The number of benzene rings is 1. The molecule has 1 aromatic heterocycles. The Kier molecular flexibility index (Phi) is 4.95. The molecular weight excluding hydrogens is 318 g/mol. The molecule has 8 heteroatoms. The number of rotatable bonds is 4. The number of nitrogens with one attached hydrogen (secondary N) is 1. The number of hydrogen-bond donors (Lipinski definition) is 1. The summed E-state index contributed by atoms with van der Waals surface area (Å²) in [5.74, 6) is -1.56. The van der Waals surface area contributed by atoms with E-state index in [1.54, 1.807) is 12.3 Å². The predicted octanol–water partition coefficient (Wildman–Crippen LogP) is 1.52. The molecule has 2 heterocycles. The zero-order valence-corrected chi connectivity index (χ0v) is 12.8. The van der Waals surface area contributed by atoms with E-state index < -0.39 is 23.1 Å². The molecule has 1 aliphatic rings. The number of amides is 1. The average molecular weight is 334 g/mol. The Labute approximate surface area is 137 Å². The molecule has 2 aromatic rings. The first-order valence-corrected chi connectivity index (χ1v) is 7.52. The van der Waals surface area contributed by atoms with Crippen molar-refractivity contribution >= 4 is 11.7 Å². The largest absolute Gasteiger partial charge is 0.378 e. The van der Waals surface area contributed by atoms with Crippen molar-refractivity contribution in [3.05, 3.63) is 53.5 Å². The van der Waals surface area contributed by atoms with Crippen LogP contribution in [0, 0.1) is 11.6 Å². The Morgan fingerprint density at radius 1 is 1.21 bits per heavy atom. The Hall–Kier alpha value is -2.61. The monoisotopic (exact) mass is 334 g/mol. The number of hydrogen-bond acceptors (Lipinski definition) is 5. The Morgan fingerprint density at radius 3 is 2.62 bits per heavy atom. The highest BCUT2D eigenvalue weighted by Gasteiger charge is 2.17. The van der Waals surface area contributed by atoms with E-state index in [0.717, 1.165) is 31.0 Å². The molecule has 0 bridgehead atoms. The van der Waals surface area contributed by atoms with E-state index in [-0.39, 0.29) is 6.54 Å². The Balaban J connectivity index is 1.67. The first kappa shape index (κ1) is 16.3. The maximum absolute atomic E-state index is 13.6. The summed E-state index contributed by atoms with van der Waals surface area (Å²) in [6.07, 6.45) is 1.59. The molecule has 0 spiro atoms. The zero-order valence-electron chi connectivity index (χ0n) is 12.8. The van der Waals surface area contributed by atoms with Crippen LogP contribution in [0.5, 0.6) is 0 Å². The summed E-state index contributed by atoms with van der Waals surface area (Å²) in [6, 6.07) is 5.05. The molecule has 0 aliphatic carbocycles. The molecule has 0 saturated carbocycles. The quantitative estimate of drug-likeness (QED) is 0.918. The first-order valence-electron chi connectivity index (χ1n) is 7.52. The third-order valence-electron chi connectivity index (χ3n) is 3.62. The number of carbonyl (C=O) groups excluding carboxylic acids is 1. The molecule has 0 radical (unpaired) electrons. The minimum atomic E-state index is -0.907. The maximum Gasteiger partial charge on any atom is 0.257 e. The van der Waals surface area contributed by atoms with Gasteiger partial charge in [-0.3, -0.25) is 4.79 Å². The van der Waals surface area contributed by atoms with Crippen LogP contribution in [0.3, 0.4) is 0 Å². The highest BCUT2D eigenvalue weighted by Crippen LogP contribution is 2.13. The zero-order chi connectivity index (χ0) is 16.9. The van der Waals surface area contributed by atoms with Crippen molar-refractivity contribution in [2.45, 2.75) is 6.54 Å². The van der Waals surface area contributed by atoms with E-state index in [1.165, 1.54) is 6.07 Å². The van der Waals surface area contributed by atoms with Crippen molar-refractivity contribution in [3.63, 3.8) is 0 Å². The number of ether oxygens (including phenoxy) is 1. The SMILES string of the molecule is O=C(NCc1nccc(N2CCOCC2)n1)c1c(F)cccc1F. The second kappa shape index (κ2) is 7.31. The van der Waals surface area contributed by atoms with Crippen molar-refractivity contribution in [1.29, 1.82) is 0 Å². The van der Waals surface area contributed by atoms with Crippen LogP contribution >= 0.6 is 0 Å². The van der Waals surface area contributed by atoms with Gasteiger partial charge in [0.2, 0.25) is 0 Å². The van der Waals surface area contributed by atoms with E-state index in [9.17, 15) is 13.6 Å². The van der Waals surface area contributed by atoms with Crippen LogP contribution in [0.1, 0.15) is 16.2 Å². The van der Waals surface area contributed by atoms with E-state index in [1.807, 2.05) is 4.90 Å². The summed E-state index contributed by atoms with van der Waals surface area (Å²) in [5, 5.41) is 2.44. The van der Waals surface area contributed by atoms with Crippen LogP contribution in [0.2, 0.25) is 0 Å². The lowest BCUT2D eigenvalue weighted by atomic mass is 10.2. The number of nitrogens with zero attached hydrogens (tertiary/aromatic N) is 3. The molecule has 1 aromatic carbocycles. The third kappa shape index (κ3) is 3.65. The number of carbonyl (C=O) groups is 1. The first-order chi connectivity index (χ1) is 11.6. The van der Waals surface area contributed by atoms with Gasteiger partial charge in [-0.2, -0.15) is 0 Å². The number of halogens is 2. The van der Waals surface area contributed by atoms with Crippen molar-refractivity contribution in [3.8, 4) is 0 Å². The molecular formula is C16H16F2N4O2. The fourth-order valence-corrected chi connectivity index (χ4v) is 2.40. The van der Waals surface area contributed by atoms with Gasteiger partial charge in [0.05, 0.1) is 19.8 Å². The standard InChI is InChI=1S/C16H16F2N4O2/c17-11-2-1-3-12(18)15(11)16(23)20-10-13-19-5-4-14(21-13)22-6-8-24-9-7-22/h1-5H,6-10H2,(H,20,23). The summed E-state index contributed by atoms with van der Waals surface area (Å²) in [5.41, 5.74) is -0.609. The molecule has 126 valence electrons. The maximum atomic E-state index is 13.6. The number of aromatic nitrogens is 2. The van der Waals surface area contributed by atoms with Crippen LogP contribution in [0.4, 0.5) is 14.6 Å². The van der Waals surface area contributed by atoms with Crippen LogP contribution in [-0.2, 0) is 11.3 Å². The molecule has 0 unspecified atom stereocenters. The van der Waals surface area contributed by atoms with E-state index in [4.69, 9.17) is 4.74 Å². The Bertz CT molecular complexity index is 716. The van der Waals surface area contributed by atoms with Gasteiger partial charge in [0.15, 0.2) is 0 Å².